The highest BCUT2D eigenvalue weighted by molar-refractivity contribution is 5.98. The van der Waals surface area contributed by atoms with E-state index >= 15 is 0 Å². The molecule has 0 aliphatic carbocycles. The fourth-order valence-corrected chi connectivity index (χ4v) is 1.86. The predicted molar refractivity (Wildman–Crippen MR) is 71.4 cm³/mol. The number of amidine groups is 1. The smallest absolute Gasteiger partial charge is 0.244 e. The van der Waals surface area contributed by atoms with E-state index in [9.17, 15) is 0 Å². The molecule has 0 unspecified atom stereocenters. The Labute approximate surface area is 119 Å². The van der Waals surface area contributed by atoms with Gasteiger partial charge in [-0.2, -0.15) is 5.10 Å². The standard InChI is InChI=1S/C13H12N4O4/c14-12(17-18)9-3-4-15-16-13(9)19-6-8-1-2-10-11(5-8)21-7-20-10/h1-5,18H,6-7H2,(H2,14,17). The Morgan fingerprint density at radius 1 is 1.33 bits per heavy atom. The van der Waals surface area contributed by atoms with Gasteiger partial charge >= 0.3 is 0 Å². The summed E-state index contributed by atoms with van der Waals surface area (Å²) in [6.45, 7) is 0.457. The van der Waals surface area contributed by atoms with Gasteiger partial charge in [-0.3, -0.25) is 0 Å². The van der Waals surface area contributed by atoms with Crippen molar-refractivity contribution in [1.82, 2.24) is 10.2 Å². The molecule has 0 fully saturated rings. The normalized spacial score (nSPS) is 13.2. The Balaban J connectivity index is 1.76. The number of rotatable bonds is 4. The van der Waals surface area contributed by atoms with E-state index in [0.29, 0.717) is 17.1 Å². The molecule has 1 aliphatic rings. The van der Waals surface area contributed by atoms with Gasteiger partial charge in [0.15, 0.2) is 17.3 Å². The molecule has 1 aliphatic heterocycles. The van der Waals surface area contributed by atoms with Crippen molar-refractivity contribution in [3.8, 4) is 17.4 Å². The average molecular weight is 288 g/mol. The van der Waals surface area contributed by atoms with Gasteiger partial charge in [-0.15, -0.1) is 5.10 Å². The fourth-order valence-electron chi connectivity index (χ4n) is 1.86. The lowest BCUT2D eigenvalue weighted by Crippen LogP contribution is -2.16. The minimum atomic E-state index is -0.0920. The molecule has 2 aromatic rings. The maximum atomic E-state index is 8.73. The zero-order valence-corrected chi connectivity index (χ0v) is 10.9. The van der Waals surface area contributed by atoms with Crippen LogP contribution < -0.4 is 19.9 Å². The zero-order valence-electron chi connectivity index (χ0n) is 10.9. The van der Waals surface area contributed by atoms with Crippen molar-refractivity contribution in [2.45, 2.75) is 6.61 Å². The van der Waals surface area contributed by atoms with Gasteiger partial charge < -0.3 is 25.2 Å². The highest BCUT2D eigenvalue weighted by atomic mass is 16.7. The Kier molecular flexibility index (Phi) is 3.42. The minimum absolute atomic E-state index is 0.0920. The summed E-state index contributed by atoms with van der Waals surface area (Å²) in [5, 5.41) is 19.2. The molecule has 0 atom stereocenters. The van der Waals surface area contributed by atoms with Gasteiger partial charge in [-0.1, -0.05) is 11.2 Å². The summed E-state index contributed by atoms with van der Waals surface area (Å²) in [6, 6.07) is 7.04. The van der Waals surface area contributed by atoms with E-state index in [1.165, 1.54) is 6.20 Å². The number of nitrogens with zero attached hydrogens (tertiary/aromatic N) is 3. The topological polar surface area (TPSA) is 112 Å². The summed E-state index contributed by atoms with van der Waals surface area (Å²) in [6.07, 6.45) is 1.43. The molecule has 0 bridgehead atoms. The second-order valence-corrected chi connectivity index (χ2v) is 4.21. The zero-order chi connectivity index (χ0) is 14.7. The predicted octanol–water partition coefficient (Wildman–Crippen LogP) is 0.879. The number of benzene rings is 1. The third kappa shape index (κ3) is 2.64. The van der Waals surface area contributed by atoms with Crippen LogP contribution in [-0.2, 0) is 6.61 Å². The summed E-state index contributed by atoms with van der Waals surface area (Å²) >= 11 is 0. The van der Waals surface area contributed by atoms with Crippen LogP contribution in [0, 0.1) is 0 Å². The highest BCUT2D eigenvalue weighted by Crippen LogP contribution is 2.32. The van der Waals surface area contributed by atoms with Crippen LogP contribution in [0.5, 0.6) is 17.4 Å². The first kappa shape index (κ1) is 13.0. The van der Waals surface area contributed by atoms with Crippen LogP contribution in [0.3, 0.4) is 0 Å². The van der Waals surface area contributed by atoms with Gasteiger partial charge in [0.1, 0.15) is 6.61 Å². The summed E-state index contributed by atoms with van der Waals surface area (Å²) in [7, 11) is 0. The van der Waals surface area contributed by atoms with Crippen molar-refractivity contribution in [1.29, 1.82) is 0 Å². The van der Waals surface area contributed by atoms with Crippen molar-refractivity contribution in [3.63, 3.8) is 0 Å². The summed E-state index contributed by atoms with van der Waals surface area (Å²) in [4.78, 5) is 0. The van der Waals surface area contributed by atoms with Crippen LogP contribution in [-0.4, -0.2) is 28.0 Å². The number of fused-ring (bicyclic) bond motifs is 1. The maximum Gasteiger partial charge on any atom is 0.244 e. The summed E-state index contributed by atoms with van der Waals surface area (Å²) < 4.78 is 16.1. The van der Waals surface area contributed by atoms with Gasteiger partial charge in [-0.05, 0) is 23.8 Å². The van der Waals surface area contributed by atoms with Crippen LogP contribution in [0.15, 0.2) is 35.6 Å². The van der Waals surface area contributed by atoms with Crippen molar-refractivity contribution in [3.05, 3.63) is 41.6 Å². The number of ether oxygens (including phenoxy) is 3. The van der Waals surface area contributed by atoms with Crippen molar-refractivity contribution < 1.29 is 19.4 Å². The SMILES string of the molecule is N/C(=N/O)c1ccnnc1OCc1ccc2c(c1)OCO2. The molecular weight excluding hydrogens is 276 g/mol. The molecule has 0 radical (unpaired) electrons. The third-order valence-electron chi connectivity index (χ3n) is 2.88. The van der Waals surface area contributed by atoms with Gasteiger partial charge in [-0.25, -0.2) is 0 Å². The second-order valence-electron chi connectivity index (χ2n) is 4.21. The Morgan fingerprint density at radius 2 is 2.19 bits per heavy atom. The quantitative estimate of drug-likeness (QED) is 0.371. The molecule has 1 aromatic carbocycles. The Hall–Kier alpha value is -3.03. The molecule has 108 valence electrons. The monoisotopic (exact) mass is 288 g/mol. The Morgan fingerprint density at radius 3 is 3.05 bits per heavy atom. The van der Waals surface area contributed by atoms with Gasteiger partial charge in [0, 0.05) is 0 Å². The largest absolute Gasteiger partial charge is 0.471 e. The fraction of sp³-hybridized carbons (Fsp3) is 0.154. The van der Waals surface area contributed by atoms with Crippen LogP contribution in [0.1, 0.15) is 11.1 Å². The first-order valence-corrected chi connectivity index (χ1v) is 6.09. The summed E-state index contributed by atoms with van der Waals surface area (Å²) in [5.41, 5.74) is 6.79. The summed E-state index contributed by atoms with van der Waals surface area (Å²) in [5.74, 6) is 1.47. The second kappa shape index (κ2) is 5.53. The third-order valence-corrected chi connectivity index (χ3v) is 2.88. The average Bonchev–Trinajstić information content (AvgIpc) is 3.00. The first-order chi connectivity index (χ1) is 10.3. The molecule has 3 N–H and O–H groups in total. The van der Waals surface area contributed by atoms with Gasteiger partial charge in [0.05, 0.1) is 11.8 Å². The molecule has 8 heteroatoms. The molecule has 3 rings (SSSR count). The molecular formula is C13H12N4O4. The molecule has 1 aromatic heterocycles. The molecule has 0 amide bonds. The van der Waals surface area contributed by atoms with Crippen molar-refractivity contribution in [2.75, 3.05) is 6.79 Å². The maximum absolute atomic E-state index is 8.73. The first-order valence-electron chi connectivity index (χ1n) is 6.09. The van der Waals surface area contributed by atoms with E-state index < -0.39 is 0 Å². The lowest BCUT2D eigenvalue weighted by atomic mass is 10.2. The highest BCUT2D eigenvalue weighted by Gasteiger charge is 2.14. The van der Waals surface area contributed by atoms with Crippen LogP contribution >= 0.6 is 0 Å². The molecule has 8 nitrogen and oxygen atoms in total. The van der Waals surface area contributed by atoms with E-state index in [2.05, 4.69) is 15.4 Å². The van der Waals surface area contributed by atoms with Crippen LogP contribution in [0.25, 0.3) is 0 Å². The number of oxime groups is 1. The van der Waals surface area contributed by atoms with E-state index in [-0.39, 0.29) is 25.1 Å². The van der Waals surface area contributed by atoms with Crippen LogP contribution in [0.4, 0.5) is 0 Å². The molecule has 21 heavy (non-hydrogen) atoms. The van der Waals surface area contributed by atoms with E-state index in [1.807, 2.05) is 18.2 Å². The molecule has 2 heterocycles. The molecule has 0 saturated carbocycles. The number of hydrogen-bond donors (Lipinski definition) is 2. The number of aromatic nitrogens is 2. The van der Waals surface area contributed by atoms with Crippen molar-refractivity contribution in [2.24, 2.45) is 10.9 Å². The molecule has 0 spiro atoms. The minimum Gasteiger partial charge on any atom is -0.471 e. The van der Waals surface area contributed by atoms with Gasteiger partial charge in [0.2, 0.25) is 12.7 Å². The van der Waals surface area contributed by atoms with Crippen LogP contribution in [0.2, 0.25) is 0 Å². The lowest BCUT2D eigenvalue weighted by molar-refractivity contribution is 0.174. The molecule has 0 saturated heterocycles. The van der Waals surface area contributed by atoms with E-state index in [0.717, 1.165) is 5.56 Å². The van der Waals surface area contributed by atoms with E-state index in [4.69, 9.17) is 25.2 Å². The van der Waals surface area contributed by atoms with Gasteiger partial charge in [0.25, 0.3) is 0 Å². The lowest BCUT2D eigenvalue weighted by Gasteiger charge is -2.08. The van der Waals surface area contributed by atoms with Crippen molar-refractivity contribution >= 4 is 5.84 Å². The number of nitrogens with two attached hydrogens (primary N) is 1. The Bertz CT molecular complexity index is 690. The number of hydrogen-bond acceptors (Lipinski definition) is 7. The van der Waals surface area contributed by atoms with E-state index in [1.54, 1.807) is 6.07 Å².